The number of nitrogens with one attached hydrogen (secondary N) is 1. The summed E-state index contributed by atoms with van der Waals surface area (Å²) < 4.78 is 26.9. The Morgan fingerprint density at radius 3 is 2.54 bits per heavy atom. The molecule has 138 valence electrons. The van der Waals surface area contributed by atoms with Gasteiger partial charge in [-0.15, -0.1) is 0 Å². The molecule has 0 spiro atoms. The van der Waals surface area contributed by atoms with Crippen LogP contribution >= 0.6 is 0 Å². The summed E-state index contributed by atoms with van der Waals surface area (Å²) in [6.07, 6.45) is 1.76. The molecule has 7 heteroatoms. The van der Waals surface area contributed by atoms with Gasteiger partial charge in [-0.3, -0.25) is 0 Å². The lowest BCUT2D eigenvalue weighted by molar-refractivity contribution is 0.193. The van der Waals surface area contributed by atoms with Crippen LogP contribution in [0.3, 0.4) is 0 Å². The lowest BCUT2D eigenvalue weighted by Crippen LogP contribution is -2.35. The SMILES string of the molecule is O=C(O)NCCC1CCN(c2cccc(-c3cc(F)cc(F)c3)n2)CC1. The highest BCUT2D eigenvalue weighted by molar-refractivity contribution is 5.64. The molecule has 0 unspecified atom stereocenters. The molecular formula is C19H21F2N3O2. The van der Waals surface area contributed by atoms with Gasteiger partial charge in [0.15, 0.2) is 0 Å². The summed E-state index contributed by atoms with van der Waals surface area (Å²) >= 11 is 0. The average Bonchev–Trinajstić information content (AvgIpc) is 2.61. The lowest BCUT2D eigenvalue weighted by atomic mass is 9.93. The van der Waals surface area contributed by atoms with Crippen molar-refractivity contribution >= 4 is 11.9 Å². The van der Waals surface area contributed by atoms with E-state index in [-0.39, 0.29) is 0 Å². The number of hydrogen-bond donors (Lipinski definition) is 2. The van der Waals surface area contributed by atoms with Crippen molar-refractivity contribution in [3.05, 3.63) is 48.0 Å². The maximum Gasteiger partial charge on any atom is 0.404 e. The number of hydrogen-bond acceptors (Lipinski definition) is 3. The summed E-state index contributed by atoms with van der Waals surface area (Å²) in [5, 5.41) is 11.0. The summed E-state index contributed by atoms with van der Waals surface area (Å²) in [5.74, 6) is 0.0267. The molecule has 0 saturated carbocycles. The quantitative estimate of drug-likeness (QED) is 0.848. The Hall–Kier alpha value is -2.70. The monoisotopic (exact) mass is 361 g/mol. The summed E-state index contributed by atoms with van der Waals surface area (Å²) in [4.78, 5) is 17.2. The number of anilines is 1. The molecule has 2 heterocycles. The van der Waals surface area contributed by atoms with Crippen LogP contribution in [0.5, 0.6) is 0 Å². The summed E-state index contributed by atoms with van der Waals surface area (Å²) in [7, 11) is 0. The van der Waals surface area contributed by atoms with Crippen LogP contribution in [-0.2, 0) is 0 Å². The zero-order valence-corrected chi connectivity index (χ0v) is 14.3. The van der Waals surface area contributed by atoms with Crippen molar-refractivity contribution in [3.63, 3.8) is 0 Å². The Bertz CT molecular complexity index is 757. The second kappa shape index (κ2) is 8.12. The topological polar surface area (TPSA) is 65.5 Å². The van der Waals surface area contributed by atoms with Crippen molar-refractivity contribution in [1.29, 1.82) is 0 Å². The molecule has 0 bridgehead atoms. The zero-order chi connectivity index (χ0) is 18.5. The first-order valence-corrected chi connectivity index (χ1v) is 8.66. The van der Waals surface area contributed by atoms with E-state index in [2.05, 4.69) is 15.2 Å². The van der Waals surface area contributed by atoms with Crippen molar-refractivity contribution in [1.82, 2.24) is 10.3 Å². The largest absolute Gasteiger partial charge is 0.465 e. The van der Waals surface area contributed by atoms with Crippen LogP contribution < -0.4 is 10.2 Å². The van der Waals surface area contributed by atoms with Gasteiger partial charge in [0, 0.05) is 31.3 Å². The lowest BCUT2D eigenvalue weighted by Gasteiger charge is -2.33. The van der Waals surface area contributed by atoms with Gasteiger partial charge in [0.1, 0.15) is 17.5 Å². The minimum atomic E-state index is -0.989. The molecular weight excluding hydrogens is 340 g/mol. The minimum absolute atomic E-state index is 0.416. The fraction of sp³-hybridized carbons (Fsp3) is 0.368. The molecule has 0 radical (unpaired) electrons. The Kier molecular flexibility index (Phi) is 5.65. The van der Waals surface area contributed by atoms with Gasteiger partial charge >= 0.3 is 6.09 Å². The Morgan fingerprint density at radius 1 is 1.19 bits per heavy atom. The van der Waals surface area contributed by atoms with Gasteiger partial charge in [0.25, 0.3) is 0 Å². The predicted octanol–water partition coefficient (Wildman–Crippen LogP) is 3.90. The van der Waals surface area contributed by atoms with Crippen LogP contribution in [0.4, 0.5) is 19.4 Å². The van der Waals surface area contributed by atoms with Crippen LogP contribution in [0, 0.1) is 17.6 Å². The smallest absolute Gasteiger partial charge is 0.404 e. The molecule has 1 saturated heterocycles. The molecule has 1 aliphatic rings. The minimum Gasteiger partial charge on any atom is -0.465 e. The highest BCUT2D eigenvalue weighted by Crippen LogP contribution is 2.26. The summed E-state index contributed by atoms with van der Waals surface area (Å²) in [5.41, 5.74) is 0.952. The van der Waals surface area contributed by atoms with E-state index >= 15 is 0 Å². The first-order valence-electron chi connectivity index (χ1n) is 8.66. The first-order chi connectivity index (χ1) is 12.5. The molecule has 1 aliphatic heterocycles. The Labute approximate surface area is 150 Å². The van der Waals surface area contributed by atoms with Crippen LogP contribution in [-0.4, -0.2) is 35.8 Å². The molecule has 26 heavy (non-hydrogen) atoms. The van der Waals surface area contributed by atoms with Crippen molar-refractivity contribution in [3.8, 4) is 11.3 Å². The highest BCUT2D eigenvalue weighted by Gasteiger charge is 2.20. The van der Waals surface area contributed by atoms with E-state index in [1.807, 2.05) is 12.1 Å². The van der Waals surface area contributed by atoms with Crippen molar-refractivity contribution in [2.24, 2.45) is 5.92 Å². The number of nitrogens with zero attached hydrogens (tertiary/aromatic N) is 2. The standard InChI is InChI=1S/C19H21F2N3O2/c20-15-10-14(11-16(21)12-15)17-2-1-3-18(23-17)24-8-5-13(6-9-24)4-7-22-19(25)26/h1-3,10-13,22H,4-9H2,(H,25,26). The van der Waals surface area contributed by atoms with E-state index in [0.29, 0.717) is 23.7 Å². The maximum atomic E-state index is 13.4. The third kappa shape index (κ3) is 4.68. The first kappa shape index (κ1) is 18.1. The van der Waals surface area contributed by atoms with Crippen LogP contribution in [0.2, 0.25) is 0 Å². The fourth-order valence-corrected chi connectivity index (χ4v) is 3.30. The molecule has 1 amide bonds. The van der Waals surface area contributed by atoms with Crippen LogP contribution in [0.1, 0.15) is 19.3 Å². The van der Waals surface area contributed by atoms with Crippen LogP contribution in [0.25, 0.3) is 11.3 Å². The van der Waals surface area contributed by atoms with E-state index in [9.17, 15) is 13.6 Å². The van der Waals surface area contributed by atoms with E-state index in [1.165, 1.54) is 12.1 Å². The van der Waals surface area contributed by atoms with Gasteiger partial charge in [-0.1, -0.05) is 6.07 Å². The van der Waals surface area contributed by atoms with E-state index in [4.69, 9.17) is 5.11 Å². The molecule has 0 atom stereocenters. The van der Waals surface area contributed by atoms with E-state index < -0.39 is 17.7 Å². The Balaban J connectivity index is 1.63. The number of pyridine rings is 1. The molecule has 1 aromatic heterocycles. The molecule has 3 rings (SSSR count). The number of halogens is 2. The molecule has 2 N–H and O–H groups in total. The molecule has 0 aliphatic carbocycles. The number of amides is 1. The van der Waals surface area contributed by atoms with Gasteiger partial charge < -0.3 is 15.3 Å². The fourth-order valence-electron chi connectivity index (χ4n) is 3.30. The molecule has 2 aromatic rings. The molecule has 1 aromatic carbocycles. The van der Waals surface area contributed by atoms with E-state index in [0.717, 1.165) is 44.2 Å². The molecule has 1 fully saturated rings. The van der Waals surface area contributed by atoms with Crippen molar-refractivity contribution in [2.45, 2.75) is 19.3 Å². The summed E-state index contributed by atoms with van der Waals surface area (Å²) in [6.45, 7) is 2.12. The van der Waals surface area contributed by atoms with E-state index in [1.54, 1.807) is 6.07 Å². The Morgan fingerprint density at radius 2 is 1.88 bits per heavy atom. The van der Waals surface area contributed by atoms with Crippen molar-refractivity contribution < 1.29 is 18.7 Å². The predicted molar refractivity (Wildman–Crippen MR) is 95.2 cm³/mol. The second-order valence-corrected chi connectivity index (χ2v) is 6.49. The van der Waals surface area contributed by atoms with Gasteiger partial charge in [0.05, 0.1) is 5.69 Å². The maximum absolute atomic E-state index is 13.4. The third-order valence-electron chi connectivity index (χ3n) is 4.66. The number of rotatable bonds is 5. The normalized spacial score (nSPS) is 15.1. The third-order valence-corrected chi connectivity index (χ3v) is 4.66. The second-order valence-electron chi connectivity index (χ2n) is 6.49. The summed E-state index contributed by atoms with van der Waals surface area (Å²) in [6, 6.07) is 8.86. The highest BCUT2D eigenvalue weighted by atomic mass is 19.1. The number of piperidine rings is 1. The zero-order valence-electron chi connectivity index (χ0n) is 14.3. The number of aromatic nitrogens is 1. The van der Waals surface area contributed by atoms with Gasteiger partial charge in [0.2, 0.25) is 0 Å². The number of carboxylic acid groups (broad SMARTS) is 1. The van der Waals surface area contributed by atoms with Gasteiger partial charge in [-0.05, 0) is 49.4 Å². The number of carbonyl (C=O) groups is 1. The van der Waals surface area contributed by atoms with Crippen LogP contribution in [0.15, 0.2) is 36.4 Å². The number of benzene rings is 1. The van der Waals surface area contributed by atoms with Crippen molar-refractivity contribution in [2.75, 3.05) is 24.5 Å². The molecule has 5 nitrogen and oxygen atoms in total. The van der Waals surface area contributed by atoms with Gasteiger partial charge in [-0.25, -0.2) is 18.6 Å². The average molecular weight is 361 g/mol. The van der Waals surface area contributed by atoms with Gasteiger partial charge in [-0.2, -0.15) is 0 Å².